The summed E-state index contributed by atoms with van der Waals surface area (Å²) in [6.45, 7) is 1.42. The molecule has 2 heterocycles. The molecule has 4 rings (SSSR count). The molecule has 2 aromatic carbocycles. The number of sulfonamides is 1. The van der Waals surface area contributed by atoms with E-state index >= 15 is 0 Å². The Hall–Kier alpha value is -3.51. The van der Waals surface area contributed by atoms with Crippen LogP contribution in [0.15, 0.2) is 72.9 Å². The molecule has 1 aliphatic heterocycles. The first-order chi connectivity index (χ1) is 19.1. The van der Waals surface area contributed by atoms with Gasteiger partial charge in [-0.05, 0) is 42.0 Å². The van der Waals surface area contributed by atoms with Crippen molar-refractivity contribution in [1.82, 2.24) is 4.98 Å². The number of nitrogens with zero attached hydrogens (tertiary/aromatic N) is 3. The Kier molecular flexibility index (Phi) is 12.9. The van der Waals surface area contributed by atoms with Gasteiger partial charge >= 0.3 is 5.97 Å². The lowest BCUT2D eigenvalue weighted by molar-refractivity contribution is -0.134. The van der Waals surface area contributed by atoms with Crippen molar-refractivity contribution < 1.29 is 23.1 Å². The van der Waals surface area contributed by atoms with Crippen LogP contribution in [0.25, 0.3) is 6.08 Å². The van der Waals surface area contributed by atoms with Gasteiger partial charge in [-0.25, -0.2) is 13.4 Å². The molecule has 4 N–H and O–H groups in total. The topological polar surface area (TPSA) is 150 Å². The van der Waals surface area contributed by atoms with Crippen LogP contribution in [0.2, 0.25) is 5.02 Å². The number of hydrogen-bond donors (Lipinski definition) is 3. The number of nitrogens with two attached hydrogens (primary N) is 1. The van der Waals surface area contributed by atoms with Crippen LogP contribution < -0.4 is 19.7 Å². The van der Waals surface area contributed by atoms with Gasteiger partial charge in [0.15, 0.2) is 5.75 Å². The molecule has 226 valence electrons. The summed E-state index contributed by atoms with van der Waals surface area (Å²) in [5.74, 6) is -1.28. The van der Waals surface area contributed by atoms with Gasteiger partial charge in [0.25, 0.3) is 0 Å². The minimum atomic E-state index is -4.22. The lowest BCUT2D eigenvalue weighted by Crippen LogP contribution is -2.38. The van der Waals surface area contributed by atoms with Crippen molar-refractivity contribution in [2.45, 2.75) is 18.9 Å². The zero-order valence-corrected chi connectivity index (χ0v) is 25.6. The molecule has 0 amide bonds. The fourth-order valence-corrected chi connectivity index (χ4v) is 5.81. The van der Waals surface area contributed by atoms with E-state index in [0.29, 0.717) is 16.9 Å². The van der Waals surface area contributed by atoms with Gasteiger partial charge in [0.2, 0.25) is 10.0 Å². The molecule has 0 radical (unpaired) electrons. The smallest absolute Gasteiger partial charge is 0.320 e. The number of carboxylic acid groups (broad SMARTS) is 1. The van der Waals surface area contributed by atoms with Crippen molar-refractivity contribution >= 4 is 75.8 Å². The van der Waals surface area contributed by atoms with Gasteiger partial charge in [-0.15, -0.1) is 24.8 Å². The van der Waals surface area contributed by atoms with Crippen molar-refractivity contribution in [3.05, 3.63) is 89.1 Å². The maximum atomic E-state index is 13.0. The van der Waals surface area contributed by atoms with Gasteiger partial charge in [-0.1, -0.05) is 48.0 Å². The molecule has 0 bridgehead atoms. The Labute approximate surface area is 262 Å². The van der Waals surface area contributed by atoms with E-state index in [9.17, 15) is 18.3 Å². The SMILES string of the molecule is Cl.Cl.N=C(N)c1cccc(/C=C/CN(c2ccc(OC3CCN(c4ccccn4)CC3)c(Cl)c2)S(=O)(=O)CC(=O)O)c1. The highest BCUT2D eigenvalue weighted by molar-refractivity contribution is 7.93. The number of piperidine rings is 1. The maximum Gasteiger partial charge on any atom is 0.320 e. The van der Waals surface area contributed by atoms with Crippen LogP contribution in [0.3, 0.4) is 0 Å². The number of carbonyl (C=O) groups is 1. The van der Waals surface area contributed by atoms with Crippen molar-refractivity contribution in [3.63, 3.8) is 0 Å². The van der Waals surface area contributed by atoms with Crippen LogP contribution >= 0.6 is 36.4 Å². The van der Waals surface area contributed by atoms with E-state index in [4.69, 9.17) is 27.5 Å². The molecule has 14 heteroatoms. The molecule has 1 aromatic heterocycles. The third-order valence-corrected chi connectivity index (χ3v) is 8.27. The Morgan fingerprint density at radius 1 is 1.14 bits per heavy atom. The Morgan fingerprint density at radius 2 is 1.88 bits per heavy atom. The van der Waals surface area contributed by atoms with Crippen molar-refractivity contribution in [3.8, 4) is 5.75 Å². The Bertz CT molecular complexity index is 1500. The van der Waals surface area contributed by atoms with Crippen molar-refractivity contribution in [2.75, 3.05) is 34.6 Å². The summed E-state index contributed by atoms with van der Waals surface area (Å²) in [6.07, 6.45) is 6.50. The molecule has 1 saturated heterocycles. The second-order valence-electron chi connectivity index (χ2n) is 9.23. The van der Waals surface area contributed by atoms with Gasteiger partial charge in [-0.2, -0.15) is 0 Å². The lowest BCUT2D eigenvalue weighted by atomic mass is 10.1. The van der Waals surface area contributed by atoms with Crippen LogP contribution in [0, 0.1) is 5.41 Å². The second kappa shape index (κ2) is 15.6. The molecular weight excluding hydrogens is 625 g/mol. The van der Waals surface area contributed by atoms with Crippen molar-refractivity contribution in [2.24, 2.45) is 5.73 Å². The van der Waals surface area contributed by atoms with Gasteiger partial charge in [0.1, 0.15) is 23.5 Å². The predicted molar refractivity (Wildman–Crippen MR) is 171 cm³/mol. The van der Waals surface area contributed by atoms with Gasteiger partial charge in [-0.3, -0.25) is 14.5 Å². The Balaban J connectivity index is 0.00000308. The van der Waals surface area contributed by atoms with E-state index in [1.54, 1.807) is 54.7 Å². The van der Waals surface area contributed by atoms with E-state index in [-0.39, 0.29) is 54.0 Å². The number of carboxylic acids is 1. The minimum Gasteiger partial charge on any atom is -0.489 e. The first kappa shape index (κ1) is 34.7. The molecule has 10 nitrogen and oxygen atoms in total. The summed E-state index contributed by atoms with van der Waals surface area (Å²) in [4.78, 5) is 17.9. The van der Waals surface area contributed by atoms with Gasteiger partial charge in [0, 0.05) is 37.7 Å². The largest absolute Gasteiger partial charge is 0.489 e. The van der Waals surface area contributed by atoms with Crippen LogP contribution in [0.4, 0.5) is 11.5 Å². The number of halogens is 3. The number of rotatable bonds is 11. The third-order valence-electron chi connectivity index (χ3n) is 6.33. The second-order valence-corrected chi connectivity index (χ2v) is 11.5. The number of aromatic nitrogens is 1. The standard InChI is InChI=1S/C28H30ClN5O5S.2ClH/c29-24-18-22(9-10-25(24)39-23-11-15-33(16-12-23)26-8-1-2-13-32-26)34(40(37,38)19-27(35)36)14-4-6-20-5-3-7-21(17-20)28(30)31;;/h1-10,13,17-18,23H,11-12,14-16,19H2,(H3,30,31)(H,35,36);2*1H/b6-4+;;. The first-order valence-corrected chi connectivity index (χ1v) is 14.6. The van der Waals surface area contributed by atoms with Crippen LogP contribution in [0.5, 0.6) is 5.75 Å². The summed E-state index contributed by atoms with van der Waals surface area (Å²) in [7, 11) is -4.22. The molecule has 0 aliphatic carbocycles. The molecule has 0 spiro atoms. The maximum absolute atomic E-state index is 13.0. The summed E-state index contributed by atoms with van der Waals surface area (Å²) >= 11 is 6.52. The number of nitrogens with one attached hydrogen (secondary N) is 1. The predicted octanol–water partition coefficient (Wildman–Crippen LogP) is 4.84. The van der Waals surface area contributed by atoms with Crippen LogP contribution in [0.1, 0.15) is 24.0 Å². The lowest BCUT2D eigenvalue weighted by Gasteiger charge is -2.33. The zero-order chi connectivity index (χ0) is 28.7. The highest BCUT2D eigenvalue weighted by atomic mass is 35.5. The molecule has 1 aliphatic rings. The average Bonchev–Trinajstić information content (AvgIpc) is 2.92. The highest BCUT2D eigenvalue weighted by Crippen LogP contribution is 2.33. The van der Waals surface area contributed by atoms with E-state index in [0.717, 1.165) is 36.1 Å². The Morgan fingerprint density at radius 3 is 2.50 bits per heavy atom. The number of hydrogen-bond acceptors (Lipinski definition) is 7. The average molecular weight is 657 g/mol. The molecule has 0 unspecified atom stereocenters. The molecule has 1 fully saturated rings. The molecule has 0 atom stereocenters. The monoisotopic (exact) mass is 655 g/mol. The van der Waals surface area contributed by atoms with E-state index in [1.165, 1.54) is 6.07 Å². The normalized spacial score (nSPS) is 13.6. The zero-order valence-electron chi connectivity index (χ0n) is 22.4. The van der Waals surface area contributed by atoms with Gasteiger partial charge < -0.3 is 20.5 Å². The van der Waals surface area contributed by atoms with E-state index in [2.05, 4.69) is 9.88 Å². The van der Waals surface area contributed by atoms with Crippen LogP contribution in [-0.4, -0.2) is 61.8 Å². The fourth-order valence-electron chi connectivity index (χ4n) is 4.37. The number of anilines is 2. The number of pyridine rings is 1. The number of benzene rings is 2. The van der Waals surface area contributed by atoms with E-state index < -0.39 is 21.7 Å². The van der Waals surface area contributed by atoms with Crippen LogP contribution in [-0.2, 0) is 14.8 Å². The first-order valence-electron chi connectivity index (χ1n) is 12.6. The molecule has 3 aromatic rings. The number of aliphatic carboxylic acids is 1. The molecular formula is C28H32Cl3N5O5S. The summed E-state index contributed by atoms with van der Waals surface area (Å²) in [6, 6.07) is 17.3. The highest BCUT2D eigenvalue weighted by Gasteiger charge is 2.26. The summed E-state index contributed by atoms with van der Waals surface area (Å²) in [5.41, 5.74) is 6.99. The fraction of sp³-hybridized carbons (Fsp3) is 0.250. The molecule has 42 heavy (non-hydrogen) atoms. The molecule has 0 saturated carbocycles. The summed E-state index contributed by atoms with van der Waals surface area (Å²) in [5, 5.41) is 17.0. The third kappa shape index (κ3) is 9.25. The van der Waals surface area contributed by atoms with E-state index in [1.807, 2.05) is 18.2 Å². The number of amidine groups is 1. The quantitative estimate of drug-likeness (QED) is 0.196. The summed E-state index contributed by atoms with van der Waals surface area (Å²) < 4.78 is 33.1. The van der Waals surface area contributed by atoms with Crippen molar-refractivity contribution in [1.29, 1.82) is 5.41 Å². The minimum absolute atomic E-state index is 0. The van der Waals surface area contributed by atoms with Gasteiger partial charge in [0.05, 0.1) is 17.3 Å². The number of nitrogen functional groups attached to an aromatic ring is 1. The number of ether oxygens (including phenoxy) is 1.